The van der Waals surface area contributed by atoms with E-state index in [1.807, 2.05) is 39.1 Å². The predicted molar refractivity (Wildman–Crippen MR) is 96.6 cm³/mol. The molecule has 1 fully saturated rings. The fourth-order valence-electron chi connectivity index (χ4n) is 3.06. The van der Waals surface area contributed by atoms with Crippen LogP contribution in [0, 0.1) is 13.8 Å². The van der Waals surface area contributed by atoms with Gasteiger partial charge in [-0.3, -0.25) is 9.48 Å². The van der Waals surface area contributed by atoms with Gasteiger partial charge in [-0.25, -0.2) is 0 Å². The van der Waals surface area contributed by atoms with Crippen LogP contribution in [0.1, 0.15) is 24.2 Å². The zero-order valence-corrected chi connectivity index (χ0v) is 15.0. The molecular weight excluding hydrogens is 318 g/mol. The van der Waals surface area contributed by atoms with Gasteiger partial charge < -0.3 is 15.5 Å². The molecule has 8 heteroatoms. The minimum atomic E-state index is -0.0600. The summed E-state index contributed by atoms with van der Waals surface area (Å²) >= 11 is 0. The molecular formula is C17H25N7O. The van der Waals surface area contributed by atoms with Crippen molar-refractivity contribution in [2.24, 2.45) is 7.05 Å². The van der Waals surface area contributed by atoms with Gasteiger partial charge >= 0.3 is 0 Å². The van der Waals surface area contributed by atoms with Gasteiger partial charge in [-0.05, 0) is 38.8 Å². The number of carbonyl (C=O) groups excluding carboxylic acids is 1. The van der Waals surface area contributed by atoms with Crippen LogP contribution in [0.15, 0.2) is 18.2 Å². The molecule has 8 nitrogen and oxygen atoms in total. The Hall–Kier alpha value is -2.48. The third kappa shape index (κ3) is 4.54. The second kappa shape index (κ2) is 7.60. The maximum Gasteiger partial charge on any atom is 0.239 e. The summed E-state index contributed by atoms with van der Waals surface area (Å²) in [5.41, 5.74) is 1.80. The molecule has 2 N–H and O–H groups in total. The first-order chi connectivity index (χ1) is 12.0. The molecule has 1 saturated heterocycles. The summed E-state index contributed by atoms with van der Waals surface area (Å²) in [6.45, 7) is 5.91. The molecule has 1 aliphatic rings. The monoisotopic (exact) mass is 343 g/mol. The Morgan fingerprint density at radius 2 is 2.12 bits per heavy atom. The number of rotatable bonds is 5. The standard InChI is InChI=1S/C17H25N7O/c1-12-6-7-15(21-20-12)24-8-4-5-14(11-24)18-10-17(25)19-16-9-13(2)22-23(16)3/h6-7,9,14,18H,4-5,8,10-11H2,1-3H3,(H,19,25)/t14-/m1/s1. The first kappa shape index (κ1) is 17.3. The summed E-state index contributed by atoms with van der Waals surface area (Å²) in [5, 5.41) is 18.8. The van der Waals surface area contributed by atoms with Crippen molar-refractivity contribution < 1.29 is 4.79 Å². The number of piperidine rings is 1. The van der Waals surface area contributed by atoms with E-state index < -0.39 is 0 Å². The molecule has 25 heavy (non-hydrogen) atoms. The van der Waals surface area contributed by atoms with Gasteiger partial charge in [-0.15, -0.1) is 5.10 Å². The van der Waals surface area contributed by atoms with E-state index in [9.17, 15) is 4.79 Å². The van der Waals surface area contributed by atoms with Crippen LogP contribution in [-0.4, -0.2) is 51.6 Å². The summed E-state index contributed by atoms with van der Waals surface area (Å²) < 4.78 is 1.67. The van der Waals surface area contributed by atoms with E-state index in [4.69, 9.17) is 0 Å². The van der Waals surface area contributed by atoms with E-state index in [1.165, 1.54) is 0 Å². The second-order valence-corrected chi connectivity index (χ2v) is 6.54. The van der Waals surface area contributed by atoms with Crippen molar-refractivity contribution in [1.82, 2.24) is 25.3 Å². The van der Waals surface area contributed by atoms with Crippen LogP contribution in [0.2, 0.25) is 0 Å². The maximum atomic E-state index is 12.2. The van der Waals surface area contributed by atoms with Crippen LogP contribution in [0.25, 0.3) is 0 Å². The number of anilines is 2. The van der Waals surface area contributed by atoms with Crippen LogP contribution < -0.4 is 15.5 Å². The lowest BCUT2D eigenvalue weighted by Crippen LogP contribution is -2.48. The van der Waals surface area contributed by atoms with Crippen LogP contribution in [0.4, 0.5) is 11.6 Å². The van der Waals surface area contributed by atoms with Crippen LogP contribution >= 0.6 is 0 Å². The third-order valence-electron chi connectivity index (χ3n) is 4.35. The Balaban J connectivity index is 1.50. The van der Waals surface area contributed by atoms with Crippen LogP contribution in [0.3, 0.4) is 0 Å². The van der Waals surface area contributed by atoms with Gasteiger partial charge in [0.25, 0.3) is 0 Å². The molecule has 0 saturated carbocycles. The van der Waals surface area contributed by atoms with E-state index >= 15 is 0 Å². The van der Waals surface area contributed by atoms with Gasteiger partial charge in [0.05, 0.1) is 17.9 Å². The summed E-state index contributed by atoms with van der Waals surface area (Å²) in [6, 6.07) is 6.09. The van der Waals surface area contributed by atoms with Crippen molar-refractivity contribution in [2.45, 2.75) is 32.7 Å². The SMILES string of the molecule is Cc1ccc(N2CCC[C@@H](NCC(=O)Nc3cc(C)nn3C)C2)nn1. The fourth-order valence-corrected chi connectivity index (χ4v) is 3.06. The molecule has 2 aromatic heterocycles. The zero-order chi connectivity index (χ0) is 17.8. The number of nitrogens with zero attached hydrogens (tertiary/aromatic N) is 5. The van der Waals surface area contributed by atoms with Crippen molar-refractivity contribution >= 4 is 17.5 Å². The van der Waals surface area contributed by atoms with E-state index in [2.05, 4.69) is 30.8 Å². The quantitative estimate of drug-likeness (QED) is 0.843. The molecule has 2 aromatic rings. The molecule has 3 rings (SSSR count). The molecule has 0 aromatic carbocycles. The summed E-state index contributed by atoms with van der Waals surface area (Å²) in [4.78, 5) is 14.4. The molecule has 1 aliphatic heterocycles. The van der Waals surface area contributed by atoms with Crippen molar-refractivity contribution in [3.8, 4) is 0 Å². The Bertz CT molecular complexity index is 725. The lowest BCUT2D eigenvalue weighted by atomic mass is 10.1. The van der Waals surface area contributed by atoms with E-state index in [0.29, 0.717) is 5.82 Å². The van der Waals surface area contributed by atoms with Gasteiger partial charge in [0.2, 0.25) is 5.91 Å². The van der Waals surface area contributed by atoms with Crippen molar-refractivity contribution in [2.75, 3.05) is 29.9 Å². The smallest absolute Gasteiger partial charge is 0.239 e. The van der Waals surface area contributed by atoms with Crippen molar-refractivity contribution in [3.05, 3.63) is 29.6 Å². The lowest BCUT2D eigenvalue weighted by Gasteiger charge is -2.33. The normalized spacial score (nSPS) is 17.6. The van der Waals surface area contributed by atoms with Crippen LogP contribution in [-0.2, 0) is 11.8 Å². The first-order valence-electron chi connectivity index (χ1n) is 8.60. The van der Waals surface area contributed by atoms with E-state index in [0.717, 1.165) is 43.1 Å². The molecule has 3 heterocycles. The number of aromatic nitrogens is 4. The third-order valence-corrected chi connectivity index (χ3v) is 4.35. The van der Waals surface area contributed by atoms with Gasteiger partial charge in [0.15, 0.2) is 5.82 Å². The van der Waals surface area contributed by atoms with Gasteiger partial charge in [0.1, 0.15) is 5.82 Å². The molecule has 0 unspecified atom stereocenters. The highest BCUT2D eigenvalue weighted by Crippen LogP contribution is 2.17. The molecule has 1 atom stereocenters. The van der Waals surface area contributed by atoms with Gasteiger partial charge in [-0.2, -0.15) is 10.2 Å². The van der Waals surface area contributed by atoms with Gasteiger partial charge in [0, 0.05) is 32.2 Å². The Kier molecular flexibility index (Phi) is 5.28. The average molecular weight is 343 g/mol. The first-order valence-corrected chi connectivity index (χ1v) is 8.60. The van der Waals surface area contributed by atoms with Crippen molar-refractivity contribution in [1.29, 1.82) is 0 Å². The number of hydrogen-bond donors (Lipinski definition) is 2. The predicted octanol–water partition coefficient (Wildman–Crippen LogP) is 1.02. The Labute approximate surface area is 147 Å². The van der Waals surface area contributed by atoms with Gasteiger partial charge in [-0.1, -0.05) is 0 Å². The van der Waals surface area contributed by atoms with Crippen LogP contribution in [0.5, 0.6) is 0 Å². The maximum absolute atomic E-state index is 12.2. The molecule has 134 valence electrons. The minimum absolute atomic E-state index is 0.0600. The summed E-state index contributed by atoms with van der Waals surface area (Å²) in [7, 11) is 1.82. The molecule has 0 bridgehead atoms. The second-order valence-electron chi connectivity index (χ2n) is 6.54. The topological polar surface area (TPSA) is 88.0 Å². The number of nitrogens with one attached hydrogen (secondary N) is 2. The molecule has 0 radical (unpaired) electrons. The van der Waals surface area contributed by atoms with E-state index in [1.54, 1.807) is 4.68 Å². The Morgan fingerprint density at radius 1 is 1.28 bits per heavy atom. The number of amides is 1. The number of aryl methyl sites for hydroxylation is 3. The highest BCUT2D eigenvalue weighted by atomic mass is 16.2. The van der Waals surface area contributed by atoms with Crippen molar-refractivity contribution in [3.63, 3.8) is 0 Å². The number of carbonyl (C=O) groups is 1. The minimum Gasteiger partial charge on any atom is -0.354 e. The fraction of sp³-hybridized carbons (Fsp3) is 0.529. The summed E-state index contributed by atoms with van der Waals surface area (Å²) in [5.74, 6) is 1.55. The lowest BCUT2D eigenvalue weighted by molar-refractivity contribution is -0.115. The highest BCUT2D eigenvalue weighted by Gasteiger charge is 2.21. The highest BCUT2D eigenvalue weighted by molar-refractivity contribution is 5.91. The number of hydrogen-bond acceptors (Lipinski definition) is 6. The summed E-state index contributed by atoms with van der Waals surface area (Å²) in [6.07, 6.45) is 2.11. The average Bonchev–Trinajstić information content (AvgIpc) is 2.91. The molecule has 0 spiro atoms. The zero-order valence-electron chi connectivity index (χ0n) is 15.0. The Morgan fingerprint density at radius 3 is 2.80 bits per heavy atom. The molecule has 1 amide bonds. The molecule has 0 aliphatic carbocycles. The van der Waals surface area contributed by atoms with E-state index in [-0.39, 0.29) is 18.5 Å². The largest absolute Gasteiger partial charge is 0.354 e.